The molecule has 0 atom stereocenters. The Balaban J connectivity index is 2.39. The van der Waals surface area contributed by atoms with Crippen molar-refractivity contribution in [2.45, 2.75) is 19.9 Å². The van der Waals surface area contributed by atoms with Crippen LogP contribution in [0.2, 0.25) is 0 Å². The fourth-order valence-electron chi connectivity index (χ4n) is 1.66. The number of carbonyl (C=O) groups is 1. The molecule has 0 aliphatic rings. The Morgan fingerprint density at radius 3 is 3.00 bits per heavy atom. The van der Waals surface area contributed by atoms with Gasteiger partial charge in [0.2, 0.25) is 0 Å². The number of aliphatic carboxylic acids is 1. The molecule has 4 nitrogen and oxygen atoms in total. The molecule has 1 N–H and O–H groups in total. The second-order valence-electron chi connectivity index (χ2n) is 3.61. The van der Waals surface area contributed by atoms with Crippen LogP contribution in [0.5, 0.6) is 0 Å². The van der Waals surface area contributed by atoms with Crippen LogP contribution in [0.4, 0.5) is 4.39 Å². The van der Waals surface area contributed by atoms with Crippen molar-refractivity contribution < 1.29 is 14.3 Å². The van der Waals surface area contributed by atoms with Gasteiger partial charge in [-0.2, -0.15) is 5.10 Å². The van der Waals surface area contributed by atoms with Crippen LogP contribution < -0.4 is 0 Å². The lowest BCUT2D eigenvalue weighted by molar-refractivity contribution is -0.137. The highest BCUT2D eigenvalue weighted by Gasteiger charge is 2.08. The minimum absolute atomic E-state index is 0.0112. The third-order valence-electron chi connectivity index (χ3n) is 2.50. The molecule has 16 heavy (non-hydrogen) atoms. The molecule has 84 valence electrons. The quantitative estimate of drug-likeness (QED) is 0.863. The van der Waals surface area contributed by atoms with E-state index in [-0.39, 0.29) is 12.2 Å². The van der Waals surface area contributed by atoms with Crippen molar-refractivity contribution >= 4 is 16.9 Å². The molecule has 1 aromatic heterocycles. The Morgan fingerprint density at radius 1 is 1.56 bits per heavy atom. The summed E-state index contributed by atoms with van der Waals surface area (Å²) in [4.78, 5) is 10.5. The topological polar surface area (TPSA) is 55.1 Å². The first-order chi connectivity index (χ1) is 7.58. The van der Waals surface area contributed by atoms with E-state index in [1.54, 1.807) is 10.7 Å². The molecule has 2 aromatic rings. The molecule has 0 radical (unpaired) electrons. The zero-order chi connectivity index (χ0) is 11.7. The number of carboxylic acid groups (broad SMARTS) is 1. The van der Waals surface area contributed by atoms with Crippen molar-refractivity contribution in [3.05, 3.63) is 29.7 Å². The average Bonchev–Trinajstić information content (AvgIpc) is 2.52. The van der Waals surface area contributed by atoms with Gasteiger partial charge in [-0.3, -0.25) is 9.48 Å². The zero-order valence-corrected chi connectivity index (χ0v) is 8.77. The SMILES string of the molecule is Cc1c2ccc(F)cc2nn1CCC(=O)O. The zero-order valence-electron chi connectivity index (χ0n) is 8.77. The van der Waals surface area contributed by atoms with Gasteiger partial charge in [-0.25, -0.2) is 4.39 Å². The molecular formula is C11H11FN2O2. The molecule has 0 fully saturated rings. The standard InChI is InChI=1S/C11H11FN2O2/c1-7-9-3-2-8(12)6-10(9)13-14(7)5-4-11(15)16/h2-3,6H,4-5H2,1H3,(H,15,16). The molecule has 1 heterocycles. The molecular weight excluding hydrogens is 211 g/mol. The number of aromatic nitrogens is 2. The van der Waals surface area contributed by atoms with E-state index < -0.39 is 5.97 Å². The van der Waals surface area contributed by atoms with E-state index in [2.05, 4.69) is 5.10 Å². The maximum Gasteiger partial charge on any atom is 0.305 e. The number of hydrogen-bond donors (Lipinski definition) is 1. The Kier molecular flexibility index (Phi) is 2.60. The third-order valence-corrected chi connectivity index (χ3v) is 2.50. The van der Waals surface area contributed by atoms with E-state index in [0.717, 1.165) is 11.1 Å². The molecule has 2 rings (SSSR count). The Morgan fingerprint density at radius 2 is 2.31 bits per heavy atom. The van der Waals surface area contributed by atoms with Crippen molar-refractivity contribution in [3.63, 3.8) is 0 Å². The maximum absolute atomic E-state index is 12.9. The number of fused-ring (bicyclic) bond motifs is 1. The van der Waals surface area contributed by atoms with Gasteiger partial charge in [-0.1, -0.05) is 0 Å². The van der Waals surface area contributed by atoms with E-state index in [4.69, 9.17) is 5.11 Å². The Labute approximate surface area is 91.3 Å². The number of rotatable bonds is 3. The fraction of sp³-hybridized carbons (Fsp3) is 0.273. The van der Waals surface area contributed by atoms with Crippen molar-refractivity contribution in [3.8, 4) is 0 Å². The predicted molar refractivity (Wildman–Crippen MR) is 56.7 cm³/mol. The van der Waals surface area contributed by atoms with Crippen molar-refractivity contribution in [1.82, 2.24) is 9.78 Å². The van der Waals surface area contributed by atoms with Gasteiger partial charge >= 0.3 is 5.97 Å². The number of benzene rings is 1. The molecule has 0 unspecified atom stereocenters. The Bertz CT molecular complexity index is 548. The number of carboxylic acids is 1. The van der Waals surface area contributed by atoms with Gasteiger partial charge in [0.05, 0.1) is 18.5 Å². The molecule has 0 aliphatic heterocycles. The van der Waals surface area contributed by atoms with Gasteiger partial charge in [-0.15, -0.1) is 0 Å². The van der Waals surface area contributed by atoms with E-state index in [9.17, 15) is 9.18 Å². The van der Waals surface area contributed by atoms with Gasteiger partial charge in [0.15, 0.2) is 0 Å². The normalized spacial score (nSPS) is 10.9. The lowest BCUT2D eigenvalue weighted by atomic mass is 10.2. The molecule has 0 saturated carbocycles. The number of halogens is 1. The lowest BCUT2D eigenvalue weighted by Gasteiger charge is -2.00. The van der Waals surface area contributed by atoms with Crippen LogP contribution in [0.25, 0.3) is 10.9 Å². The summed E-state index contributed by atoms with van der Waals surface area (Å²) in [6.45, 7) is 2.15. The van der Waals surface area contributed by atoms with Crippen molar-refractivity contribution in [1.29, 1.82) is 0 Å². The summed E-state index contributed by atoms with van der Waals surface area (Å²) in [5, 5.41) is 13.6. The monoisotopic (exact) mass is 222 g/mol. The van der Waals surface area contributed by atoms with Gasteiger partial charge in [0, 0.05) is 17.1 Å². The smallest absolute Gasteiger partial charge is 0.305 e. The van der Waals surface area contributed by atoms with E-state index in [1.165, 1.54) is 12.1 Å². The predicted octanol–water partition coefficient (Wildman–Crippen LogP) is 1.96. The van der Waals surface area contributed by atoms with Crippen LogP contribution in [0.3, 0.4) is 0 Å². The van der Waals surface area contributed by atoms with Crippen LogP contribution in [-0.2, 0) is 11.3 Å². The highest BCUT2D eigenvalue weighted by Crippen LogP contribution is 2.18. The largest absolute Gasteiger partial charge is 0.481 e. The first-order valence-corrected chi connectivity index (χ1v) is 4.92. The summed E-state index contributed by atoms with van der Waals surface area (Å²) in [5.74, 6) is -1.21. The third kappa shape index (κ3) is 1.88. The van der Waals surface area contributed by atoms with Crippen LogP contribution in [0.1, 0.15) is 12.1 Å². The van der Waals surface area contributed by atoms with Crippen molar-refractivity contribution in [2.75, 3.05) is 0 Å². The number of hydrogen-bond acceptors (Lipinski definition) is 2. The summed E-state index contributed by atoms with van der Waals surface area (Å²) in [6, 6.07) is 4.38. The highest BCUT2D eigenvalue weighted by molar-refractivity contribution is 5.81. The summed E-state index contributed by atoms with van der Waals surface area (Å²) < 4.78 is 14.5. The second-order valence-corrected chi connectivity index (χ2v) is 3.61. The average molecular weight is 222 g/mol. The van der Waals surface area contributed by atoms with E-state index in [1.807, 2.05) is 6.92 Å². The first kappa shape index (κ1) is 10.6. The van der Waals surface area contributed by atoms with Gasteiger partial charge in [0.25, 0.3) is 0 Å². The minimum atomic E-state index is -0.870. The molecule has 0 amide bonds. The number of aryl methyl sites for hydroxylation is 2. The van der Waals surface area contributed by atoms with E-state index >= 15 is 0 Å². The fourth-order valence-corrected chi connectivity index (χ4v) is 1.66. The van der Waals surface area contributed by atoms with E-state index in [0.29, 0.717) is 12.1 Å². The van der Waals surface area contributed by atoms with Crippen LogP contribution >= 0.6 is 0 Å². The lowest BCUT2D eigenvalue weighted by Crippen LogP contribution is -2.07. The number of nitrogens with zero attached hydrogens (tertiary/aromatic N) is 2. The molecule has 0 saturated heterocycles. The summed E-state index contributed by atoms with van der Waals surface area (Å²) in [6.07, 6.45) is 0.0112. The molecule has 0 aliphatic carbocycles. The Hall–Kier alpha value is -1.91. The van der Waals surface area contributed by atoms with Gasteiger partial charge < -0.3 is 5.11 Å². The highest BCUT2D eigenvalue weighted by atomic mass is 19.1. The van der Waals surface area contributed by atoms with Crippen LogP contribution in [0, 0.1) is 12.7 Å². The summed E-state index contributed by atoms with van der Waals surface area (Å²) in [7, 11) is 0. The molecule has 0 bridgehead atoms. The van der Waals surface area contributed by atoms with Crippen LogP contribution in [-0.4, -0.2) is 20.9 Å². The minimum Gasteiger partial charge on any atom is -0.481 e. The first-order valence-electron chi connectivity index (χ1n) is 4.92. The molecule has 0 spiro atoms. The molecule has 5 heteroatoms. The summed E-state index contributed by atoms with van der Waals surface area (Å²) >= 11 is 0. The van der Waals surface area contributed by atoms with Gasteiger partial charge in [-0.05, 0) is 19.1 Å². The molecule has 1 aromatic carbocycles. The maximum atomic E-state index is 12.9. The summed E-state index contributed by atoms with van der Waals surface area (Å²) in [5.41, 5.74) is 1.42. The van der Waals surface area contributed by atoms with Gasteiger partial charge in [0.1, 0.15) is 5.82 Å². The van der Waals surface area contributed by atoms with Crippen LogP contribution in [0.15, 0.2) is 18.2 Å². The second kappa shape index (κ2) is 3.92. The van der Waals surface area contributed by atoms with Crippen molar-refractivity contribution in [2.24, 2.45) is 0 Å².